The van der Waals surface area contributed by atoms with Crippen LogP contribution < -0.4 is 10.1 Å². The Kier molecular flexibility index (Phi) is 5.13. The molecular weight excluding hydrogens is 248 g/mol. The maximum Gasteiger partial charge on any atom is 0.130 e. The van der Waals surface area contributed by atoms with Crippen molar-refractivity contribution in [3.8, 4) is 5.75 Å². The number of rotatable bonds is 6. The van der Waals surface area contributed by atoms with Gasteiger partial charge >= 0.3 is 0 Å². The van der Waals surface area contributed by atoms with Crippen molar-refractivity contribution in [1.82, 2.24) is 10.3 Å². The Morgan fingerprint density at radius 2 is 2.00 bits per heavy atom. The third kappa shape index (κ3) is 4.07. The number of hydrogen-bond acceptors (Lipinski definition) is 3. The summed E-state index contributed by atoms with van der Waals surface area (Å²) in [4.78, 5) is 4.43. The second-order valence-electron chi connectivity index (χ2n) is 5.00. The minimum Gasteiger partial charge on any atom is -0.487 e. The largest absolute Gasteiger partial charge is 0.487 e. The Morgan fingerprint density at radius 3 is 2.65 bits per heavy atom. The Balaban J connectivity index is 1.93. The number of nitrogens with one attached hydrogen (secondary N) is 1. The summed E-state index contributed by atoms with van der Waals surface area (Å²) in [6.07, 6.45) is 1.91. The number of aromatic nitrogens is 1. The van der Waals surface area contributed by atoms with Gasteiger partial charge in [0.15, 0.2) is 0 Å². The molecule has 106 valence electrons. The van der Waals surface area contributed by atoms with E-state index in [2.05, 4.69) is 49.3 Å². The molecule has 1 aromatic heterocycles. The van der Waals surface area contributed by atoms with E-state index in [0.717, 1.165) is 30.1 Å². The topological polar surface area (TPSA) is 34.1 Å². The summed E-state index contributed by atoms with van der Waals surface area (Å²) < 4.78 is 5.82. The minimum absolute atomic E-state index is 0.505. The van der Waals surface area contributed by atoms with Crippen LogP contribution in [0.3, 0.4) is 0 Å². The third-order valence-electron chi connectivity index (χ3n) is 3.17. The van der Waals surface area contributed by atoms with E-state index in [1.54, 1.807) is 0 Å². The smallest absolute Gasteiger partial charge is 0.130 e. The molecule has 3 nitrogen and oxygen atoms in total. The number of nitrogens with zero attached hydrogens (tertiary/aromatic N) is 1. The molecule has 0 spiro atoms. The second kappa shape index (κ2) is 7.06. The van der Waals surface area contributed by atoms with Crippen LogP contribution in [0, 0.1) is 13.8 Å². The van der Waals surface area contributed by atoms with Gasteiger partial charge in [-0.15, -0.1) is 0 Å². The lowest BCUT2D eigenvalue weighted by atomic mass is 10.1. The van der Waals surface area contributed by atoms with Crippen molar-refractivity contribution in [2.45, 2.75) is 33.9 Å². The van der Waals surface area contributed by atoms with E-state index < -0.39 is 0 Å². The molecule has 0 saturated carbocycles. The van der Waals surface area contributed by atoms with E-state index in [0.29, 0.717) is 6.61 Å². The van der Waals surface area contributed by atoms with Crippen LogP contribution >= 0.6 is 0 Å². The predicted molar refractivity (Wildman–Crippen MR) is 81.9 cm³/mol. The molecule has 1 aromatic carbocycles. The molecule has 0 aliphatic rings. The molecule has 0 aliphatic carbocycles. The molecule has 2 rings (SSSR count). The van der Waals surface area contributed by atoms with Gasteiger partial charge in [0.1, 0.15) is 12.4 Å². The number of hydrogen-bond donors (Lipinski definition) is 1. The monoisotopic (exact) mass is 270 g/mol. The van der Waals surface area contributed by atoms with E-state index in [1.807, 2.05) is 18.3 Å². The van der Waals surface area contributed by atoms with Gasteiger partial charge in [0.25, 0.3) is 0 Å². The molecule has 1 heterocycles. The van der Waals surface area contributed by atoms with Crippen molar-refractivity contribution in [1.29, 1.82) is 0 Å². The van der Waals surface area contributed by atoms with Gasteiger partial charge in [-0.2, -0.15) is 0 Å². The average Bonchev–Trinajstić information content (AvgIpc) is 2.45. The normalized spacial score (nSPS) is 10.6. The SMILES string of the molecule is CCNCc1ccc(COc2ccc(C)cc2C)nc1. The molecule has 0 unspecified atom stereocenters. The highest BCUT2D eigenvalue weighted by Gasteiger charge is 2.01. The minimum atomic E-state index is 0.505. The number of aryl methyl sites for hydroxylation is 2. The average molecular weight is 270 g/mol. The molecule has 0 amide bonds. The molecule has 0 aliphatic heterocycles. The number of benzene rings is 1. The van der Waals surface area contributed by atoms with Crippen molar-refractivity contribution < 1.29 is 4.74 Å². The van der Waals surface area contributed by atoms with Crippen molar-refractivity contribution in [3.63, 3.8) is 0 Å². The fraction of sp³-hybridized carbons (Fsp3) is 0.353. The van der Waals surface area contributed by atoms with Gasteiger partial charge in [0.2, 0.25) is 0 Å². The molecular formula is C17H22N2O. The lowest BCUT2D eigenvalue weighted by Gasteiger charge is -2.10. The van der Waals surface area contributed by atoms with E-state index in [1.165, 1.54) is 11.1 Å². The summed E-state index contributed by atoms with van der Waals surface area (Å²) in [5.74, 6) is 0.925. The fourth-order valence-corrected chi connectivity index (χ4v) is 2.03. The maximum absolute atomic E-state index is 5.82. The zero-order valence-electron chi connectivity index (χ0n) is 12.4. The lowest BCUT2D eigenvalue weighted by molar-refractivity contribution is 0.299. The summed E-state index contributed by atoms with van der Waals surface area (Å²) in [7, 11) is 0. The van der Waals surface area contributed by atoms with Crippen LogP contribution in [0.5, 0.6) is 5.75 Å². The van der Waals surface area contributed by atoms with Crippen LogP contribution in [-0.2, 0) is 13.2 Å². The predicted octanol–water partition coefficient (Wildman–Crippen LogP) is 3.39. The van der Waals surface area contributed by atoms with Gasteiger partial charge in [-0.1, -0.05) is 30.7 Å². The zero-order chi connectivity index (χ0) is 14.4. The summed E-state index contributed by atoms with van der Waals surface area (Å²) in [5, 5.41) is 3.28. The fourth-order valence-electron chi connectivity index (χ4n) is 2.03. The standard InChI is InChI=1S/C17H22N2O/c1-4-18-10-15-6-7-16(19-11-15)12-20-17-8-5-13(2)9-14(17)3/h5-9,11,18H,4,10,12H2,1-3H3. The van der Waals surface area contributed by atoms with Gasteiger partial charge < -0.3 is 10.1 Å². The van der Waals surface area contributed by atoms with Crippen LogP contribution in [0.1, 0.15) is 29.3 Å². The quantitative estimate of drug-likeness (QED) is 0.873. The van der Waals surface area contributed by atoms with Crippen LogP contribution in [0.25, 0.3) is 0 Å². The lowest BCUT2D eigenvalue weighted by Crippen LogP contribution is -2.12. The highest BCUT2D eigenvalue weighted by Crippen LogP contribution is 2.19. The third-order valence-corrected chi connectivity index (χ3v) is 3.17. The Bertz CT molecular complexity index is 549. The molecule has 0 fully saturated rings. The number of pyridine rings is 1. The summed E-state index contributed by atoms with van der Waals surface area (Å²) >= 11 is 0. The zero-order valence-corrected chi connectivity index (χ0v) is 12.4. The van der Waals surface area contributed by atoms with Crippen molar-refractivity contribution in [2.75, 3.05) is 6.54 Å². The first-order valence-corrected chi connectivity index (χ1v) is 7.03. The molecule has 20 heavy (non-hydrogen) atoms. The van der Waals surface area contributed by atoms with E-state index in [9.17, 15) is 0 Å². The highest BCUT2D eigenvalue weighted by atomic mass is 16.5. The van der Waals surface area contributed by atoms with Gasteiger partial charge in [-0.3, -0.25) is 4.98 Å². The molecule has 0 atom stereocenters. The van der Waals surface area contributed by atoms with Crippen molar-refractivity contribution in [2.24, 2.45) is 0 Å². The van der Waals surface area contributed by atoms with Gasteiger partial charge in [-0.05, 0) is 43.7 Å². The van der Waals surface area contributed by atoms with Gasteiger partial charge in [0, 0.05) is 12.7 Å². The highest BCUT2D eigenvalue weighted by molar-refractivity contribution is 5.35. The Labute approximate surface area is 121 Å². The first-order chi connectivity index (χ1) is 9.69. The molecule has 3 heteroatoms. The van der Waals surface area contributed by atoms with E-state index in [4.69, 9.17) is 4.74 Å². The Morgan fingerprint density at radius 1 is 1.15 bits per heavy atom. The van der Waals surface area contributed by atoms with Crippen LogP contribution in [-0.4, -0.2) is 11.5 Å². The van der Waals surface area contributed by atoms with E-state index >= 15 is 0 Å². The summed E-state index contributed by atoms with van der Waals surface area (Å²) in [5.41, 5.74) is 4.56. The van der Waals surface area contributed by atoms with Crippen molar-refractivity contribution in [3.05, 3.63) is 58.9 Å². The first-order valence-electron chi connectivity index (χ1n) is 7.03. The van der Waals surface area contributed by atoms with Crippen LogP contribution in [0.2, 0.25) is 0 Å². The molecule has 1 N–H and O–H groups in total. The van der Waals surface area contributed by atoms with E-state index in [-0.39, 0.29) is 0 Å². The maximum atomic E-state index is 5.82. The Hall–Kier alpha value is -1.87. The molecule has 0 saturated heterocycles. The molecule has 0 bridgehead atoms. The second-order valence-corrected chi connectivity index (χ2v) is 5.00. The van der Waals surface area contributed by atoms with Crippen LogP contribution in [0.4, 0.5) is 0 Å². The number of ether oxygens (including phenoxy) is 1. The molecule has 2 aromatic rings. The van der Waals surface area contributed by atoms with Gasteiger partial charge in [-0.25, -0.2) is 0 Å². The summed E-state index contributed by atoms with van der Waals surface area (Å²) in [6.45, 7) is 8.58. The van der Waals surface area contributed by atoms with Gasteiger partial charge in [0.05, 0.1) is 5.69 Å². The van der Waals surface area contributed by atoms with Crippen molar-refractivity contribution >= 4 is 0 Å². The first kappa shape index (κ1) is 14.5. The van der Waals surface area contributed by atoms with Crippen LogP contribution in [0.15, 0.2) is 36.5 Å². The molecule has 0 radical (unpaired) electrons. The summed E-state index contributed by atoms with van der Waals surface area (Å²) in [6, 6.07) is 10.3.